The smallest absolute Gasteiger partial charge is 0.262 e. The van der Waals surface area contributed by atoms with Crippen LogP contribution in [0.15, 0.2) is 48.5 Å². The minimum absolute atomic E-state index is 0.0654. The number of nitrogens with zero attached hydrogens (tertiary/aromatic N) is 1. The van der Waals surface area contributed by atoms with E-state index in [4.69, 9.17) is 4.74 Å². The molecule has 1 saturated carbocycles. The second-order valence-corrected chi connectivity index (χ2v) is 8.04. The van der Waals surface area contributed by atoms with E-state index in [1.165, 1.54) is 32.1 Å². The van der Waals surface area contributed by atoms with Gasteiger partial charge in [0.25, 0.3) is 5.91 Å². The van der Waals surface area contributed by atoms with Crippen LogP contribution in [-0.4, -0.2) is 31.0 Å². The Hall–Kier alpha value is -3.02. The summed E-state index contributed by atoms with van der Waals surface area (Å²) in [5.41, 5.74) is 2.71. The largest absolute Gasteiger partial charge is 0.484 e. The van der Waals surface area contributed by atoms with Gasteiger partial charge in [0.2, 0.25) is 5.91 Å². The van der Waals surface area contributed by atoms with Crippen molar-refractivity contribution in [2.75, 3.05) is 28.7 Å². The number of hydrogen-bond acceptors (Lipinski definition) is 4. The average Bonchev–Trinajstić information content (AvgIpc) is 3.21. The molecule has 2 aliphatic rings. The standard InChI is InChI=1S/C24H29N3O3/c28-23(17-30-22-14-12-21(13-15-22)27-16-4-7-24(27)29)26-20-10-8-19(9-11-20)25-18-5-2-1-3-6-18/h8-15,18,25H,1-7,16-17H2,(H,26,28). The quantitative estimate of drug-likeness (QED) is 0.705. The van der Waals surface area contributed by atoms with Crippen LogP contribution in [0.2, 0.25) is 0 Å². The first-order valence-electron chi connectivity index (χ1n) is 10.9. The van der Waals surface area contributed by atoms with Crippen molar-refractivity contribution >= 4 is 28.9 Å². The van der Waals surface area contributed by atoms with Gasteiger partial charge in [-0.25, -0.2) is 0 Å². The third kappa shape index (κ3) is 5.32. The fourth-order valence-electron chi connectivity index (χ4n) is 4.12. The van der Waals surface area contributed by atoms with Gasteiger partial charge >= 0.3 is 0 Å². The van der Waals surface area contributed by atoms with E-state index in [0.29, 0.717) is 18.2 Å². The maximum Gasteiger partial charge on any atom is 0.262 e. The van der Waals surface area contributed by atoms with Gasteiger partial charge in [-0.15, -0.1) is 0 Å². The fraction of sp³-hybridized carbons (Fsp3) is 0.417. The van der Waals surface area contributed by atoms with Gasteiger partial charge in [-0.05, 0) is 67.8 Å². The van der Waals surface area contributed by atoms with E-state index >= 15 is 0 Å². The van der Waals surface area contributed by atoms with E-state index in [-0.39, 0.29) is 18.4 Å². The van der Waals surface area contributed by atoms with Crippen LogP contribution in [0.1, 0.15) is 44.9 Å². The van der Waals surface area contributed by atoms with Gasteiger partial charge in [0.15, 0.2) is 6.61 Å². The summed E-state index contributed by atoms with van der Waals surface area (Å²) < 4.78 is 5.58. The molecule has 2 fully saturated rings. The lowest BCUT2D eigenvalue weighted by Crippen LogP contribution is -2.23. The van der Waals surface area contributed by atoms with Gasteiger partial charge in [0.05, 0.1) is 0 Å². The Balaban J connectivity index is 1.23. The van der Waals surface area contributed by atoms with E-state index in [9.17, 15) is 9.59 Å². The molecule has 1 aliphatic carbocycles. The van der Waals surface area contributed by atoms with Crippen molar-refractivity contribution in [3.8, 4) is 5.75 Å². The fourth-order valence-corrected chi connectivity index (χ4v) is 4.12. The van der Waals surface area contributed by atoms with Crippen LogP contribution in [0.3, 0.4) is 0 Å². The molecule has 2 N–H and O–H groups in total. The van der Waals surface area contributed by atoms with E-state index in [1.807, 2.05) is 36.4 Å². The van der Waals surface area contributed by atoms with Crippen molar-refractivity contribution in [3.63, 3.8) is 0 Å². The highest BCUT2D eigenvalue weighted by molar-refractivity contribution is 5.95. The lowest BCUT2D eigenvalue weighted by Gasteiger charge is -2.23. The Bertz CT molecular complexity index is 858. The third-order valence-electron chi connectivity index (χ3n) is 5.74. The van der Waals surface area contributed by atoms with Gasteiger partial charge in [-0.1, -0.05) is 19.3 Å². The molecule has 0 bridgehead atoms. The number of amides is 2. The van der Waals surface area contributed by atoms with Crippen molar-refractivity contribution in [1.82, 2.24) is 0 Å². The topological polar surface area (TPSA) is 70.7 Å². The van der Waals surface area contributed by atoms with Crippen molar-refractivity contribution in [2.24, 2.45) is 0 Å². The molecule has 0 atom stereocenters. The molecule has 0 radical (unpaired) electrons. The molecular formula is C24H29N3O3. The molecule has 0 spiro atoms. The first-order chi connectivity index (χ1) is 14.7. The molecule has 1 saturated heterocycles. The second-order valence-electron chi connectivity index (χ2n) is 8.04. The Morgan fingerprint density at radius 1 is 0.933 bits per heavy atom. The van der Waals surface area contributed by atoms with E-state index in [0.717, 1.165) is 30.0 Å². The Labute approximate surface area is 177 Å². The lowest BCUT2D eigenvalue weighted by molar-refractivity contribution is -0.118. The van der Waals surface area contributed by atoms with Gasteiger partial charge in [-0.2, -0.15) is 0 Å². The van der Waals surface area contributed by atoms with Crippen LogP contribution in [0, 0.1) is 0 Å². The average molecular weight is 408 g/mol. The van der Waals surface area contributed by atoms with Crippen LogP contribution in [0.4, 0.5) is 17.1 Å². The highest BCUT2D eigenvalue weighted by Gasteiger charge is 2.21. The van der Waals surface area contributed by atoms with Gasteiger partial charge in [0.1, 0.15) is 5.75 Å². The van der Waals surface area contributed by atoms with Crippen molar-refractivity contribution in [2.45, 2.75) is 51.0 Å². The molecule has 0 aromatic heterocycles. The van der Waals surface area contributed by atoms with E-state index in [2.05, 4.69) is 10.6 Å². The number of hydrogen-bond donors (Lipinski definition) is 2. The lowest BCUT2D eigenvalue weighted by atomic mass is 9.95. The van der Waals surface area contributed by atoms with Gasteiger partial charge in [-0.3, -0.25) is 9.59 Å². The summed E-state index contributed by atoms with van der Waals surface area (Å²) in [6.45, 7) is 0.695. The maximum atomic E-state index is 12.2. The van der Waals surface area contributed by atoms with Gasteiger partial charge in [0, 0.05) is 36.1 Å². The highest BCUT2D eigenvalue weighted by Crippen LogP contribution is 2.24. The van der Waals surface area contributed by atoms with Crippen LogP contribution >= 0.6 is 0 Å². The summed E-state index contributed by atoms with van der Waals surface area (Å²) in [6, 6.07) is 15.7. The zero-order valence-electron chi connectivity index (χ0n) is 17.2. The number of benzene rings is 2. The minimum atomic E-state index is -0.207. The molecule has 2 aromatic carbocycles. The van der Waals surface area contributed by atoms with Crippen molar-refractivity contribution in [1.29, 1.82) is 0 Å². The molecule has 2 amide bonds. The number of anilines is 3. The van der Waals surface area contributed by atoms with Crippen LogP contribution in [-0.2, 0) is 9.59 Å². The Kier molecular flexibility index (Phi) is 6.52. The number of carbonyl (C=O) groups is 2. The molecule has 4 rings (SSSR count). The molecule has 30 heavy (non-hydrogen) atoms. The van der Waals surface area contributed by atoms with Crippen LogP contribution < -0.4 is 20.3 Å². The summed E-state index contributed by atoms with van der Waals surface area (Å²) >= 11 is 0. The molecule has 6 heteroatoms. The molecule has 1 aliphatic heterocycles. The Morgan fingerprint density at radius 3 is 2.30 bits per heavy atom. The number of rotatable bonds is 7. The zero-order valence-corrected chi connectivity index (χ0v) is 17.2. The van der Waals surface area contributed by atoms with E-state index in [1.54, 1.807) is 17.0 Å². The molecule has 2 aromatic rings. The second kappa shape index (κ2) is 9.65. The van der Waals surface area contributed by atoms with Crippen molar-refractivity contribution in [3.05, 3.63) is 48.5 Å². The monoisotopic (exact) mass is 407 g/mol. The summed E-state index contributed by atoms with van der Waals surface area (Å²) in [6.07, 6.45) is 7.89. The van der Waals surface area contributed by atoms with Gasteiger partial charge < -0.3 is 20.3 Å². The minimum Gasteiger partial charge on any atom is -0.484 e. The summed E-state index contributed by atoms with van der Waals surface area (Å²) in [4.78, 5) is 25.8. The molecule has 0 unspecified atom stereocenters. The maximum absolute atomic E-state index is 12.2. The first kappa shape index (κ1) is 20.3. The third-order valence-corrected chi connectivity index (χ3v) is 5.74. The molecule has 6 nitrogen and oxygen atoms in total. The predicted octanol–water partition coefficient (Wildman–Crippen LogP) is 4.58. The summed E-state index contributed by atoms with van der Waals surface area (Å²) in [7, 11) is 0. The molecular weight excluding hydrogens is 378 g/mol. The highest BCUT2D eigenvalue weighted by atomic mass is 16.5. The zero-order chi connectivity index (χ0) is 20.8. The molecule has 1 heterocycles. The normalized spacial score (nSPS) is 17.1. The Morgan fingerprint density at radius 2 is 1.63 bits per heavy atom. The van der Waals surface area contributed by atoms with Crippen molar-refractivity contribution < 1.29 is 14.3 Å². The predicted molar refractivity (Wildman–Crippen MR) is 119 cm³/mol. The van der Waals surface area contributed by atoms with Crippen LogP contribution in [0.25, 0.3) is 0 Å². The van der Waals surface area contributed by atoms with Crippen LogP contribution in [0.5, 0.6) is 5.75 Å². The summed E-state index contributed by atoms with van der Waals surface area (Å²) in [5.74, 6) is 0.553. The first-order valence-corrected chi connectivity index (χ1v) is 10.9. The number of nitrogens with one attached hydrogen (secondary N) is 2. The molecule has 158 valence electrons. The number of ether oxygens (including phenoxy) is 1. The number of carbonyl (C=O) groups excluding carboxylic acids is 2. The SMILES string of the molecule is O=C(COc1ccc(N2CCCC2=O)cc1)Nc1ccc(NC2CCCCC2)cc1. The van der Waals surface area contributed by atoms with E-state index < -0.39 is 0 Å². The summed E-state index contributed by atoms with van der Waals surface area (Å²) in [5, 5.41) is 6.43.